The summed E-state index contributed by atoms with van der Waals surface area (Å²) in [4.78, 5) is 19.2. The molecule has 162 valence electrons. The Morgan fingerprint density at radius 2 is 1.90 bits per heavy atom. The summed E-state index contributed by atoms with van der Waals surface area (Å²) < 4.78 is 55.3. The van der Waals surface area contributed by atoms with Crippen LogP contribution in [0.25, 0.3) is 11.3 Å². The third-order valence-electron chi connectivity index (χ3n) is 3.68. The van der Waals surface area contributed by atoms with E-state index in [1.807, 2.05) is 0 Å². The topological polar surface area (TPSA) is 96.4 Å². The number of hydrogen-bond donors (Lipinski definition) is 3. The maximum absolute atomic E-state index is 13.3. The maximum Gasteiger partial charge on any atom is 0.573 e. The normalized spacial score (nSPS) is 11.1. The highest BCUT2D eigenvalue weighted by atomic mass is 79.9. The van der Waals surface area contributed by atoms with Crippen molar-refractivity contribution in [3.63, 3.8) is 0 Å². The number of carbonyl (C=O) groups is 1. The van der Waals surface area contributed by atoms with E-state index >= 15 is 0 Å². The number of carboxylic acid groups (broad SMARTS) is 1. The number of aromatic nitrogens is 2. The van der Waals surface area contributed by atoms with Gasteiger partial charge in [0, 0.05) is 16.1 Å². The Labute approximate surface area is 181 Å². The molecule has 0 atom stereocenters. The number of anilines is 3. The van der Waals surface area contributed by atoms with Crippen molar-refractivity contribution < 1.29 is 32.2 Å². The molecular weight excluding hydrogens is 488 g/mol. The first-order valence-corrected chi connectivity index (χ1v) is 9.31. The van der Waals surface area contributed by atoms with Gasteiger partial charge in [-0.05, 0) is 46.3 Å². The second-order valence-corrected chi connectivity index (χ2v) is 6.89. The van der Waals surface area contributed by atoms with Crippen molar-refractivity contribution >= 4 is 39.4 Å². The molecular formula is C19H13BrF4N4O3. The van der Waals surface area contributed by atoms with Gasteiger partial charge in [-0.15, -0.1) is 13.2 Å². The van der Waals surface area contributed by atoms with E-state index in [0.29, 0.717) is 10.2 Å². The molecule has 0 radical (unpaired) electrons. The zero-order valence-electron chi connectivity index (χ0n) is 15.4. The molecule has 0 spiro atoms. The molecule has 0 saturated carbocycles. The lowest BCUT2D eigenvalue weighted by molar-refractivity contribution is -0.274. The van der Waals surface area contributed by atoms with Gasteiger partial charge in [-0.1, -0.05) is 12.1 Å². The number of nitrogens with one attached hydrogen (secondary N) is 2. The molecule has 3 N–H and O–H groups in total. The minimum absolute atomic E-state index is 0.0808. The van der Waals surface area contributed by atoms with E-state index in [4.69, 9.17) is 5.11 Å². The number of ether oxygens (including phenoxy) is 1. The number of nitrogens with zero attached hydrogens (tertiary/aromatic N) is 2. The third kappa shape index (κ3) is 6.54. The predicted octanol–water partition coefficient (Wildman–Crippen LogP) is 5.18. The zero-order chi connectivity index (χ0) is 22.6. The quantitative estimate of drug-likeness (QED) is 0.384. The highest BCUT2D eigenvalue weighted by Gasteiger charge is 2.31. The fraction of sp³-hybridized carbons (Fsp3) is 0.105. The third-order valence-corrected chi connectivity index (χ3v) is 4.34. The molecule has 1 heterocycles. The Morgan fingerprint density at radius 1 is 1.13 bits per heavy atom. The largest absolute Gasteiger partial charge is 0.573 e. The molecule has 0 bridgehead atoms. The monoisotopic (exact) mass is 500 g/mol. The van der Waals surface area contributed by atoms with Crippen LogP contribution < -0.4 is 15.4 Å². The number of alkyl halides is 3. The van der Waals surface area contributed by atoms with Crippen molar-refractivity contribution in [2.75, 3.05) is 17.2 Å². The summed E-state index contributed by atoms with van der Waals surface area (Å²) in [5.41, 5.74) is 0.907. The minimum atomic E-state index is -4.86. The average molecular weight is 501 g/mol. The van der Waals surface area contributed by atoms with Gasteiger partial charge in [0.25, 0.3) is 0 Å². The number of carboxylic acids is 1. The van der Waals surface area contributed by atoms with Crippen molar-refractivity contribution in [1.82, 2.24) is 9.97 Å². The van der Waals surface area contributed by atoms with Crippen molar-refractivity contribution in [2.24, 2.45) is 0 Å². The van der Waals surface area contributed by atoms with Gasteiger partial charge in [0.2, 0.25) is 5.95 Å². The zero-order valence-corrected chi connectivity index (χ0v) is 17.0. The van der Waals surface area contributed by atoms with Crippen LogP contribution in [0.3, 0.4) is 0 Å². The van der Waals surface area contributed by atoms with E-state index in [1.54, 1.807) is 0 Å². The van der Waals surface area contributed by atoms with Gasteiger partial charge in [-0.25, -0.2) is 9.37 Å². The summed E-state index contributed by atoms with van der Waals surface area (Å²) in [7, 11) is 0. The van der Waals surface area contributed by atoms with Crippen LogP contribution in [0.5, 0.6) is 5.75 Å². The van der Waals surface area contributed by atoms with Crippen LogP contribution in [0.1, 0.15) is 0 Å². The number of halogens is 5. The lowest BCUT2D eigenvalue weighted by Gasteiger charge is -2.13. The Balaban J connectivity index is 1.99. The molecule has 31 heavy (non-hydrogen) atoms. The summed E-state index contributed by atoms with van der Waals surface area (Å²) in [6.45, 7) is -0.486. The van der Waals surface area contributed by atoms with E-state index in [9.17, 15) is 22.4 Å². The van der Waals surface area contributed by atoms with Crippen LogP contribution in [0.15, 0.2) is 53.0 Å². The predicted molar refractivity (Wildman–Crippen MR) is 108 cm³/mol. The second-order valence-electron chi connectivity index (χ2n) is 6.03. The fourth-order valence-electron chi connectivity index (χ4n) is 2.47. The van der Waals surface area contributed by atoms with E-state index in [-0.39, 0.29) is 23.0 Å². The van der Waals surface area contributed by atoms with Crippen LogP contribution in [-0.4, -0.2) is 34.0 Å². The van der Waals surface area contributed by atoms with Gasteiger partial charge in [-0.2, -0.15) is 4.98 Å². The number of benzene rings is 2. The van der Waals surface area contributed by atoms with Gasteiger partial charge >= 0.3 is 12.3 Å². The van der Waals surface area contributed by atoms with Crippen LogP contribution in [-0.2, 0) is 4.79 Å². The van der Waals surface area contributed by atoms with Crippen LogP contribution in [0.2, 0.25) is 0 Å². The first kappa shape index (κ1) is 22.3. The molecule has 1 aromatic heterocycles. The number of aliphatic carboxylic acids is 1. The van der Waals surface area contributed by atoms with Crippen molar-refractivity contribution in [1.29, 1.82) is 0 Å². The second kappa shape index (κ2) is 9.16. The molecule has 0 aliphatic carbocycles. The summed E-state index contributed by atoms with van der Waals surface area (Å²) in [5, 5.41) is 14.3. The van der Waals surface area contributed by atoms with Gasteiger partial charge in [-0.3, -0.25) is 4.79 Å². The molecule has 0 aliphatic heterocycles. The molecule has 7 nitrogen and oxygen atoms in total. The molecule has 0 amide bonds. The van der Waals surface area contributed by atoms with Gasteiger partial charge in [0.05, 0.1) is 11.4 Å². The fourth-order valence-corrected chi connectivity index (χ4v) is 2.92. The molecule has 0 fully saturated rings. The van der Waals surface area contributed by atoms with Crippen LogP contribution >= 0.6 is 15.9 Å². The Kier molecular flexibility index (Phi) is 6.59. The van der Waals surface area contributed by atoms with Crippen molar-refractivity contribution in [2.45, 2.75) is 6.36 Å². The standard InChI is InChI=1S/C19H13BrF4N4O3/c20-13-7-11(21)4-5-14(13)26-16-8-15(27-18(28-16)25-9-17(29)30)10-2-1-3-12(6-10)31-19(22,23)24/h1-8H,9H2,(H,29,30)(H2,25,26,27,28). The van der Waals surface area contributed by atoms with E-state index in [0.717, 1.165) is 12.1 Å². The first-order valence-electron chi connectivity index (χ1n) is 8.52. The van der Waals surface area contributed by atoms with Crippen LogP contribution in [0, 0.1) is 5.82 Å². The van der Waals surface area contributed by atoms with Crippen LogP contribution in [0.4, 0.5) is 35.0 Å². The highest BCUT2D eigenvalue weighted by molar-refractivity contribution is 9.10. The van der Waals surface area contributed by atoms with Crippen molar-refractivity contribution in [3.05, 3.63) is 58.8 Å². The molecule has 0 aliphatic rings. The maximum atomic E-state index is 13.3. The Hall–Kier alpha value is -3.41. The summed E-state index contributed by atoms with van der Waals surface area (Å²) in [5.74, 6) is -1.97. The number of hydrogen-bond acceptors (Lipinski definition) is 6. The van der Waals surface area contributed by atoms with E-state index in [1.165, 1.54) is 36.4 Å². The van der Waals surface area contributed by atoms with Crippen molar-refractivity contribution in [3.8, 4) is 17.0 Å². The summed E-state index contributed by atoms with van der Waals surface area (Å²) in [6, 6.07) is 10.5. The molecule has 12 heteroatoms. The molecule has 3 rings (SSSR count). The van der Waals surface area contributed by atoms with Gasteiger partial charge in [0.1, 0.15) is 23.9 Å². The average Bonchev–Trinajstić information content (AvgIpc) is 2.67. The first-order chi connectivity index (χ1) is 14.6. The van der Waals surface area contributed by atoms with E-state index < -0.39 is 30.4 Å². The molecule has 0 unspecified atom stereocenters. The number of rotatable bonds is 7. The molecule has 3 aromatic rings. The van der Waals surface area contributed by atoms with Gasteiger partial charge in [0.15, 0.2) is 0 Å². The van der Waals surface area contributed by atoms with E-state index in [2.05, 4.69) is 41.3 Å². The molecule has 2 aromatic carbocycles. The SMILES string of the molecule is O=C(O)CNc1nc(Nc2ccc(F)cc2Br)cc(-c2cccc(OC(F)(F)F)c2)n1. The Bertz CT molecular complexity index is 1110. The Morgan fingerprint density at radius 3 is 2.58 bits per heavy atom. The molecule has 0 saturated heterocycles. The highest BCUT2D eigenvalue weighted by Crippen LogP contribution is 2.31. The summed E-state index contributed by atoms with van der Waals surface area (Å²) in [6.07, 6.45) is -4.86. The lowest BCUT2D eigenvalue weighted by atomic mass is 10.1. The summed E-state index contributed by atoms with van der Waals surface area (Å²) >= 11 is 3.21. The minimum Gasteiger partial charge on any atom is -0.480 e. The smallest absolute Gasteiger partial charge is 0.480 e. The lowest BCUT2D eigenvalue weighted by Crippen LogP contribution is -2.17. The van der Waals surface area contributed by atoms with Gasteiger partial charge < -0.3 is 20.5 Å².